The van der Waals surface area contributed by atoms with Crippen molar-refractivity contribution >= 4 is 6.03 Å². The van der Waals surface area contributed by atoms with E-state index in [4.69, 9.17) is 9.47 Å². The summed E-state index contributed by atoms with van der Waals surface area (Å²) in [4.78, 5) is 16.4. The first-order valence-corrected chi connectivity index (χ1v) is 9.64. The molecule has 1 aliphatic rings. The summed E-state index contributed by atoms with van der Waals surface area (Å²) < 4.78 is 10.5. The first-order chi connectivity index (χ1) is 13.6. The van der Waals surface area contributed by atoms with Crippen LogP contribution >= 0.6 is 0 Å². The van der Waals surface area contributed by atoms with Crippen molar-refractivity contribution < 1.29 is 14.3 Å². The van der Waals surface area contributed by atoms with E-state index in [1.165, 1.54) is 5.56 Å². The Balaban J connectivity index is 1.43. The van der Waals surface area contributed by atoms with Crippen LogP contribution in [0.4, 0.5) is 4.79 Å². The zero-order valence-corrected chi connectivity index (χ0v) is 16.7. The minimum atomic E-state index is -0.0896. The number of benzene rings is 2. The number of nitrogens with zero attached hydrogens (tertiary/aromatic N) is 2. The van der Waals surface area contributed by atoms with E-state index >= 15 is 0 Å². The number of morpholine rings is 1. The minimum Gasteiger partial charge on any atom is -0.497 e. The van der Waals surface area contributed by atoms with Crippen LogP contribution in [-0.2, 0) is 24.4 Å². The smallest absolute Gasteiger partial charge is 0.317 e. The molecule has 6 heteroatoms. The van der Waals surface area contributed by atoms with Gasteiger partial charge in [0.15, 0.2) is 0 Å². The Kier molecular flexibility index (Phi) is 7.28. The Bertz CT molecular complexity index is 741. The molecule has 0 atom stereocenters. The lowest BCUT2D eigenvalue weighted by Crippen LogP contribution is -2.36. The quantitative estimate of drug-likeness (QED) is 0.799. The molecule has 0 radical (unpaired) electrons. The average Bonchev–Trinajstić information content (AvgIpc) is 2.74. The second-order valence-electron chi connectivity index (χ2n) is 7.07. The monoisotopic (exact) mass is 383 g/mol. The molecule has 28 heavy (non-hydrogen) atoms. The Labute approximate surface area is 167 Å². The standard InChI is InChI=1S/C22H29N3O3/c1-24(16-19-7-9-21(27-2)10-8-19)22(26)23-15-18-3-5-20(6-4-18)17-25-11-13-28-14-12-25/h3-10H,11-17H2,1-2H3,(H,23,26). The summed E-state index contributed by atoms with van der Waals surface area (Å²) in [5, 5.41) is 2.98. The molecule has 1 N–H and O–H groups in total. The van der Waals surface area contributed by atoms with Crippen LogP contribution < -0.4 is 10.1 Å². The number of nitrogens with one attached hydrogen (secondary N) is 1. The topological polar surface area (TPSA) is 54.0 Å². The summed E-state index contributed by atoms with van der Waals surface area (Å²) in [6.45, 7) is 5.61. The van der Waals surface area contributed by atoms with Crippen molar-refractivity contribution in [3.05, 3.63) is 65.2 Å². The third-order valence-electron chi connectivity index (χ3n) is 4.90. The first kappa shape index (κ1) is 20.2. The summed E-state index contributed by atoms with van der Waals surface area (Å²) >= 11 is 0. The van der Waals surface area contributed by atoms with Crippen molar-refractivity contribution in [3.63, 3.8) is 0 Å². The van der Waals surface area contributed by atoms with E-state index in [-0.39, 0.29) is 6.03 Å². The number of carbonyl (C=O) groups excluding carboxylic acids is 1. The fourth-order valence-electron chi connectivity index (χ4n) is 3.17. The van der Waals surface area contributed by atoms with Gasteiger partial charge in [-0.25, -0.2) is 4.79 Å². The van der Waals surface area contributed by atoms with Crippen LogP contribution in [0, 0.1) is 0 Å². The summed E-state index contributed by atoms with van der Waals surface area (Å²) in [5.74, 6) is 0.813. The SMILES string of the molecule is COc1ccc(CN(C)C(=O)NCc2ccc(CN3CCOCC3)cc2)cc1. The Hall–Kier alpha value is -2.57. The van der Waals surface area contributed by atoms with Gasteiger partial charge in [-0.15, -0.1) is 0 Å². The number of amides is 2. The number of hydrogen-bond acceptors (Lipinski definition) is 4. The van der Waals surface area contributed by atoms with Crippen LogP contribution in [0.25, 0.3) is 0 Å². The fraction of sp³-hybridized carbons (Fsp3) is 0.409. The van der Waals surface area contributed by atoms with Gasteiger partial charge < -0.3 is 19.7 Å². The molecule has 2 amide bonds. The maximum atomic E-state index is 12.3. The summed E-state index contributed by atoms with van der Waals surface area (Å²) in [7, 11) is 3.44. The van der Waals surface area contributed by atoms with Gasteiger partial charge >= 0.3 is 6.03 Å². The molecule has 2 aromatic rings. The molecular weight excluding hydrogens is 354 g/mol. The number of carbonyl (C=O) groups is 1. The van der Waals surface area contributed by atoms with Crippen LogP contribution in [-0.4, -0.2) is 56.3 Å². The molecule has 1 heterocycles. The van der Waals surface area contributed by atoms with Gasteiger partial charge in [-0.2, -0.15) is 0 Å². The Morgan fingerprint density at radius 1 is 1.04 bits per heavy atom. The van der Waals surface area contributed by atoms with Crippen LogP contribution in [0.1, 0.15) is 16.7 Å². The van der Waals surface area contributed by atoms with E-state index in [2.05, 4.69) is 34.5 Å². The highest BCUT2D eigenvalue weighted by Gasteiger charge is 2.11. The molecule has 1 saturated heterocycles. The van der Waals surface area contributed by atoms with E-state index in [9.17, 15) is 4.79 Å². The maximum Gasteiger partial charge on any atom is 0.317 e. The van der Waals surface area contributed by atoms with Gasteiger partial charge in [-0.3, -0.25) is 4.90 Å². The number of methoxy groups -OCH3 is 1. The normalized spacial score (nSPS) is 14.5. The van der Waals surface area contributed by atoms with Crippen LogP contribution in [0.5, 0.6) is 5.75 Å². The predicted molar refractivity (Wildman–Crippen MR) is 109 cm³/mol. The minimum absolute atomic E-state index is 0.0896. The number of ether oxygens (including phenoxy) is 2. The molecule has 2 aromatic carbocycles. The number of urea groups is 1. The maximum absolute atomic E-state index is 12.3. The number of rotatable bonds is 7. The highest BCUT2D eigenvalue weighted by molar-refractivity contribution is 5.73. The highest BCUT2D eigenvalue weighted by atomic mass is 16.5. The van der Waals surface area contributed by atoms with Gasteiger partial charge in [0.05, 0.1) is 20.3 Å². The molecular formula is C22H29N3O3. The van der Waals surface area contributed by atoms with Crippen LogP contribution in [0.15, 0.2) is 48.5 Å². The van der Waals surface area contributed by atoms with Crippen LogP contribution in [0.3, 0.4) is 0 Å². The lowest BCUT2D eigenvalue weighted by molar-refractivity contribution is 0.0342. The van der Waals surface area contributed by atoms with Crippen molar-refractivity contribution in [3.8, 4) is 5.75 Å². The molecule has 0 spiro atoms. The number of hydrogen-bond donors (Lipinski definition) is 1. The van der Waals surface area contributed by atoms with Gasteiger partial charge in [0, 0.05) is 39.8 Å². The molecule has 150 valence electrons. The van der Waals surface area contributed by atoms with Gasteiger partial charge in [0.2, 0.25) is 0 Å². The Morgan fingerprint density at radius 2 is 1.64 bits per heavy atom. The summed E-state index contributed by atoms with van der Waals surface area (Å²) in [6.07, 6.45) is 0. The van der Waals surface area contributed by atoms with E-state index in [0.29, 0.717) is 13.1 Å². The summed E-state index contributed by atoms with van der Waals surface area (Å²) in [5.41, 5.74) is 3.44. The summed E-state index contributed by atoms with van der Waals surface area (Å²) in [6, 6.07) is 16.1. The lowest BCUT2D eigenvalue weighted by atomic mass is 10.1. The molecule has 0 unspecified atom stereocenters. The molecule has 0 aliphatic carbocycles. The Morgan fingerprint density at radius 3 is 2.29 bits per heavy atom. The second-order valence-corrected chi connectivity index (χ2v) is 7.07. The van der Waals surface area contributed by atoms with Gasteiger partial charge in [0.25, 0.3) is 0 Å². The zero-order valence-electron chi connectivity index (χ0n) is 16.7. The molecule has 1 aliphatic heterocycles. The first-order valence-electron chi connectivity index (χ1n) is 9.64. The van der Waals surface area contributed by atoms with Gasteiger partial charge in [-0.1, -0.05) is 36.4 Å². The van der Waals surface area contributed by atoms with Gasteiger partial charge in [0.1, 0.15) is 5.75 Å². The van der Waals surface area contributed by atoms with E-state index in [0.717, 1.165) is 49.7 Å². The third kappa shape index (κ3) is 5.97. The van der Waals surface area contributed by atoms with Crippen molar-refractivity contribution in [2.24, 2.45) is 0 Å². The highest BCUT2D eigenvalue weighted by Crippen LogP contribution is 2.13. The predicted octanol–water partition coefficient (Wildman–Crippen LogP) is 2.87. The van der Waals surface area contributed by atoms with Crippen molar-refractivity contribution in [2.75, 3.05) is 40.5 Å². The molecule has 3 rings (SSSR count). The van der Waals surface area contributed by atoms with Crippen molar-refractivity contribution in [2.45, 2.75) is 19.6 Å². The second kappa shape index (κ2) is 10.1. The van der Waals surface area contributed by atoms with Crippen molar-refractivity contribution in [1.29, 1.82) is 0 Å². The van der Waals surface area contributed by atoms with E-state index < -0.39 is 0 Å². The third-order valence-corrected chi connectivity index (χ3v) is 4.90. The lowest BCUT2D eigenvalue weighted by Gasteiger charge is -2.26. The molecule has 0 aromatic heterocycles. The van der Waals surface area contributed by atoms with E-state index in [1.807, 2.05) is 24.3 Å². The van der Waals surface area contributed by atoms with E-state index in [1.54, 1.807) is 19.1 Å². The molecule has 6 nitrogen and oxygen atoms in total. The molecule has 1 fully saturated rings. The fourth-order valence-corrected chi connectivity index (χ4v) is 3.17. The molecule has 0 saturated carbocycles. The molecule has 0 bridgehead atoms. The van der Waals surface area contributed by atoms with Crippen molar-refractivity contribution in [1.82, 2.24) is 15.1 Å². The van der Waals surface area contributed by atoms with Gasteiger partial charge in [-0.05, 0) is 28.8 Å². The zero-order chi connectivity index (χ0) is 19.8. The van der Waals surface area contributed by atoms with Crippen LogP contribution in [0.2, 0.25) is 0 Å². The largest absolute Gasteiger partial charge is 0.497 e. The average molecular weight is 383 g/mol.